The molecule has 104 valence electrons. The fraction of sp³-hybridized carbons (Fsp3) is 0.0667. The number of carbonyl (C=O) groups is 1. The highest BCUT2D eigenvalue weighted by Crippen LogP contribution is 2.08. The Balaban J connectivity index is 1.78. The van der Waals surface area contributed by atoms with Crippen LogP contribution in [0.2, 0.25) is 0 Å². The van der Waals surface area contributed by atoms with Crippen LogP contribution in [0.25, 0.3) is 5.69 Å². The number of benzene rings is 1. The normalized spacial score (nSPS) is 10.3. The van der Waals surface area contributed by atoms with E-state index in [9.17, 15) is 4.79 Å². The quantitative estimate of drug-likeness (QED) is 0.798. The maximum absolute atomic E-state index is 12.1. The summed E-state index contributed by atoms with van der Waals surface area (Å²) >= 11 is 0. The van der Waals surface area contributed by atoms with Crippen LogP contribution >= 0.6 is 0 Å². The van der Waals surface area contributed by atoms with Crippen molar-refractivity contribution in [3.05, 3.63) is 66.1 Å². The van der Waals surface area contributed by atoms with Gasteiger partial charge in [0.05, 0.1) is 11.9 Å². The fourth-order valence-electron chi connectivity index (χ4n) is 1.87. The van der Waals surface area contributed by atoms with Gasteiger partial charge in [0.1, 0.15) is 5.82 Å². The molecule has 0 atom stereocenters. The molecule has 6 heteroatoms. The Hall–Kier alpha value is -3.02. The number of hydrogen-bond donors (Lipinski definition) is 1. The first-order valence-electron chi connectivity index (χ1n) is 6.45. The van der Waals surface area contributed by atoms with E-state index in [1.807, 2.05) is 49.4 Å². The second-order valence-corrected chi connectivity index (χ2v) is 4.50. The van der Waals surface area contributed by atoms with Gasteiger partial charge in [-0.3, -0.25) is 4.79 Å². The number of nitrogens with one attached hydrogen (secondary N) is 1. The van der Waals surface area contributed by atoms with E-state index in [0.717, 1.165) is 11.4 Å². The molecule has 3 aromatic rings. The molecule has 2 aromatic heterocycles. The third kappa shape index (κ3) is 2.94. The molecule has 3 rings (SSSR count). The molecule has 1 amide bonds. The first kappa shape index (κ1) is 13.0. The lowest BCUT2D eigenvalue weighted by atomic mass is 10.3. The van der Waals surface area contributed by atoms with E-state index >= 15 is 0 Å². The molecule has 0 bridgehead atoms. The molecule has 0 aliphatic rings. The number of aryl methyl sites for hydroxylation is 1. The zero-order valence-corrected chi connectivity index (χ0v) is 11.4. The van der Waals surface area contributed by atoms with Crippen LogP contribution in [0.4, 0.5) is 5.82 Å². The van der Waals surface area contributed by atoms with Crippen molar-refractivity contribution < 1.29 is 4.79 Å². The third-order valence-corrected chi connectivity index (χ3v) is 2.88. The maximum Gasteiger partial charge on any atom is 0.279 e. The number of anilines is 1. The number of hydrogen-bond acceptors (Lipinski definition) is 4. The van der Waals surface area contributed by atoms with Crippen molar-refractivity contribution in [1.29, 1.82) is 0 Å². The summed E-state index contributed by atoms with van der Waals surface area (Å²) in [6.45, 7) is 1.86. The van der Waals surface area contributed by atoms with Crippen LogP contribution in [-0.2, 0) is 0 Å². The smallest absolute Gasteiger partial charge is 0.279 e. The summed E-state index contributed by atoms with van der Waals surface area (Å²) in [6, 6.07) is 14.9. The first-order valence-corrected chi connectivity index (χ1v) is 6.45. The molecule has 21 heavy (non-hydrogen) atoms. The molecular formula is C15H13N5O. The molecule has 1 N–H and O–H groups in total. The molecule has 0 radical (unpaired) electrons. The number of rotatable bonds is 3. The highest BCUT2D eigenvalue weighted by molar-refractivity contribution is 6.02. The Morgan fingerprint density at radius 1 is 1.10 bits per heavy atom. The molecule has 1 aromatic carbocycles. The lowest BCUT2D eigenvalue weighted by molar-refractivity contribution is 0.102. The van der Waals surface area contributed by atoms with Crippen molar-refractivity contribution in [2.24, 2.45) is 0 Å². The minimum atomic E-state index is -0.338. The van der Waals surface area contributed by atoms with Gasteiger partial charge in [-0.05, 0) is 31.2 Å². The van der Waals surface area contributed by atoms with E-state index in [0.29, 0.717) is 5.82 Å². The third-order valence-electron chi connectivity index (χ3n) is 2.88. The van der Waals surface area contributed by atoms with E-state index in [1.165, 1.54) is 0 Å². The number of carbonyl (C=O) groups excluding carboxylic acids is 1. The Labute approximate surface area is 121 Å². The monoisotopic (exact) mass is 279 g/mol. The molecule has 6 nitrogen and oxygen atoms in total. The van der Waals surface area contributed by atoms with Gasteiger partial charge in [0.2, 0.25) is 0 Å². The van der Waals surface area contributed by atoms with E-state index < -0.39 is 0 Å². The second-order valence-electron chi connectivity index (χ2n) is 4.50. The van der Waals surface area contributed by atoms with Gasteiger partial charge >= 0.3 is 0 Å². The number of pyridine rings is 1. The van der Waals surface area contributed by atoms with E-state index in [2.05, 4.69) is 20.6 Å². The Morgan fingerprint density at radius 2 is 1.90 bits per heavy atom. The van der Waals surface area contributed by atoms with Gasteiger partial charge < -0.3 is 5.32 Å². The van der Waals surface area contributed by atoms with E-state index in [1.54, 1.807) is 16.9 Å². The van der Waals surface area contributed by atoms with Crippen LogP contribution in [-0.4, -0.2) is 25.9 Å². The van der Waals surface area contributed by atoms with Crippen molar-refractivity contribution in [2.45, 2.75) is 6.92 Å². The van der Waals surface area contributed by atoms with Crippen LogP contribution in [0.1, 0.15) is 16.2 Å². The van der Waals surface area contributed by atoms with E-state index in [4.69, 9.17) is 0 Å². The summed E-state index contributed by atoms with van der Waals surface area (Å²) in [7, 11) is 0. The molecule has 0 aliphatic heterocycles. The van der Waals surface area contributed by atoms with Gasteiger partial charge in [-0.15, -0.1) is 5.10 Å². The van der Waals surface area contributed by atoms with Crippen LogP contribution in [0, 0.1) is 6.92 Å². The molecule has 0 saturated carbocycles. The van der Waals surface area contributed by atoms with Crippen molar-refractivity contribution >= 4 is 11.7 Å². The predicted molar refractivity (Wildman–Crippen MR) is 78.3 cm³/mol. The second kappa shape index (κ2) is 5.54. The zero-order valence-electron chi connectivity index (χ0n) is 11.4. The summed E-state index contributed by atoms with van der Waals surface area (Å²) in [4.78, 5) is 16.3. The highest BCUT2D eigenvalue weighted by Gasteiger charge is 2.12. The summed E-state index contributed by atoms with van der Waals surface area (Å²) in [6.07, 6.45) is 1.58. The predicted octanol–water partition coefficient (Wildman–Crippen LogP) is 2.22. The molecule has 0 aliphatic carbocycles. The largest absolute Gasteiger partial charge is 0.305 e. The SMILES string of the molecule is Cc1cccc(NC(=O)c2cn(-c3ccccc3)nn2)n1. The van der Waals surface area contributed by atoms with Crippen LogP contribution in [0.15, 0.2) is 54.7 Å². The van der Waals surface area contributed by atoms with Gasteiger partial charge in [0, 0.05) is 5.69 Å². The van der Waals surface area contributed by atoms with Crippen LogP contribution in [0.5, 0.6) is 0 Å². The Morgan fingerprint density at radius 3 is 2.67 bits per heavy atom. The number of amides is 1. The minimum Gasteiger partial charge on any atom is -0.305 e. The lowest BCUT2D eigenvalue weighted by Crippen LogP contribution is -2.13. The topological polar surface area (TPSA) is 72.7 Å². The van der Waals surface area contributed by atoms with Crippen molar-refractivity contribution in [3.63, 3.8) is 0 Å². The van der Waals surface area contributed by atoms with Gasteiger partial charge in [0.25, 0.3) is 5.91 Å². The molecule has 0 fully saturated rings. The average Bonchev–Trinajstić information content (AvgIpc) is 2.98. The molecule has 0 unspecified atom stereocenters. The highest BCUT2D eigenvalue weighted by atomic mass is 16.2. The Bertz CT molecular complexity index is 766. The Kier molecular flexibility index (Phi) is 3.42. The number of aromatic nitrogens is 4. The first-order chi connectivity index (χ1) is 10.2. The van der Waals surface area contributed by atoms with Crippen molar-refractivity contribution in [2.75, 3.05) is 5.32 Å². The maximum atomic E-state index is 12.1. The molecule has 0 spiro atoms. The number of nitrogens with zero attached hydrogens (tertiary/aromatic N) is 4. The lowest BCUT2D eigenvalue weighted by Gasteiger charge is -2.02. The minimum absolute atomic E-state index is 0.238. The van der Waals surface area contributed by atoms with Crippen LogP contribution in [0.3, 0.4) is 0 Å². The summed E-state index contributed by atoms with van der Waals surface area (Å²) in [5, 5.41) is 10.5. The summed E-state index contributed by atoms with van der Waals surface area (Å²) in [5.74, 6) is 0.157. The molecule has 0 saturated heterocycles. The molecular weight excluding hydrogens is 266 g/mol. The molecule has 2 heterocycles. The van der Waals surface area contributed by atoms with Gasteiger partial charge in [-0.2, -0.15) is 0 Å². The standard InChI is InChI=1S/C15H13N5O/c1-11-6-5-9-14(16-11)17-15(21)13-10-20(19-18-13)12-7-3-2-4-8-12/h2-10H,1H3,(H,16,17,21). The fourth-order valence-corrected chi connectivity index (χ4v) is 1.87. The van der Waals surface area contributed by atoms with Crippen molar-refractivity contribution in [3.8, 4) is 5.69 Å². The average molecular weight is 279 g/mol. The summed E-state index contributed by atoms with van der Waals surface area (Å²) < 4.78 is 1.55. The van der Waals surface area contributed by atoms with Crippen molar-refractivity contribution in [1.82, 2.24) is 20.0 Å². The van der Waals surface area contributed by atoms with Gasteiger partial charge in [-0.25, -0.2) is 9.67 Å². The van der Waals surface area contributed by atoms with Gasteiger partial charge in [-0.1, -0.05) is 29.5 Å². The van der Waals surface area contributed by atoms with Crippen LogP contribution < -0.4 is 5.32 Å². The van der Waals surface area contributed by atoms with E-state index in [-0.39, 0.29) is 11.6 Å². The van der Waals surface area contributed by atoms with Gasteiger partial charge in [0.15, 0.2) is 5.69 Å². The zero-order chi connectivity index (χ0) is 14.7. The number of para-hydroxylation sites is 1. The summed E-state index contributed by atoms with van der Waals surface area (Å²) in [5.41, 5.74) is 1.92.